The van der Waals surface area contributed by atoms with Crippen LogP contribution in [0.15, 0.2) is 79.1 Å². The smallest absolute Gasteiger partial charge is 0.257 e. The second-order valence-electron chi connectivity index (χ2n) is 6.02. The van der Waals surface area contributed by atoms with Gasteiger partial charge in [-0.25, -0.2) is 4.39 Å². The number of rotatable bonds is 5. The van der Waals surface area contributed by atoms with Crippen molar-refractivity contribution in [3.63, 3.8) is 0 Å². The molecule has 2 aromatic heterocycles. The summed E-state index contributed by atoms with van der Waals surface area (Å²) in [7, 11) is 0. The number of anilines is 1. The van der Waals surface area contributed by atoms with Crippen molar-refractivity contribution < 1.29 is 13.9 Å². The van der Waals surface area contributed by atoms with Crippen LogP contribution in [0.3, 0.4) is 0 Å². The van der Waals surface area contributed by atoms with E-state index in [1.54, 1.807) is 36.4 Å². The number of hydrogen-bond donors (Lipinski definition) is 1. The first-order valence-electron chi connectivity index (χ1n) is 8.60. The Balaban J connectivity index is 1.40. The molecule has 0 aliphatic carbocycles. The highest BCUT2D eigenvalue weighted by Gasteiger charge is 2.11. The van der Waals surface area contributed by atoms with Crippen molar-refractivity contribution in [1.82, 2.24) is 14.8 Å². The van der Waals surface area contributed by atoms with E-state index in [-0.39, 0.29) is 10.6 Å². The summed E-state index contributed by atoms with van der Waals surface area (Å²) < 4.78 is 20.6. The lowest BCUT2D eigenvalue weighted by Crippen LogP contribution is -2.12. The van der Waals surface area contributed by atoms with Crippen LogP contribution < -0.4 is 10.1 Å². The van der Waals surface area contributed by atoms with E-state index in [1.165, 1.54) is 12.1 Å². The molecule has 4 rings (SSSR count). The molecule has 0 atom stereocenters. The first-order valence-corrected chi connectivity index (χ1v) is 8.98. The Bertz CT molecular complexity index is 1130. The molecule has 4 aromatic rings. The first kappa shape index (κ1) is 18.6. The Kier molecular flexibility index (Phi) is 5.22. The summed E-state index contributed by atoms with van der Waals surface area (Å²) in [6, 6.07) is 17.6. The maximum Gasteiger partial charge on any atom is 0.257 e. The maximum absolute atomic E-state index is 13.1. The number of nitrogens with one attached hydrogen (secondary N) is 1. The third-order valence-corrected chi connectivity index (χ3v) is 4.32. The Morgan fingerprint density at radius 1 is 1.00 bits per heavy atom. The summed E-state index contributed by atoms with van der Waals surface area (Å²) in [6.07, 6.45) is 3.74. The fourth-order valence-electron chi connectivity index (χ4n) is 2.59. The molecule has 0 aliphatic heterocycles. The molecule has 1 amide bonds. The highest BCUT2D eigenvalue weighted by atomic mass is 35.5. The number of benzene rings is 2. The minimum Gasteiger partial charge on any atom is -0.438 e. The highest BCUT2D eigenvalue weighted by molar-refractivity contribution is 6.34. The highest BCUT2D eigenvalue weighted by Crippen LogP contribution is 2.23. The van der Waals surface area contributed by atoms with Crippen molar-refractivity contribution in [3.8, 4) is 17.4 Å². The second-order valence-corrected chi connectivity index (χ2v) is 6.43. The van der Waals surface area contributed by atoms with Crippen LogP contribution in [0.4, 0.5) is 10.1 Å². The van der Waals surface area contributed by atoms with Crippen LogP contribution in [-0.2, 0) is 0 Å². The van der Waals surface area contributed by atoms with E-state index in [0.29, 0.717) is 23.1 Å². The van der Waals surface area contributed by atoms with E-state index < -0.39 is 11.7 Å². The number of halogens is 2. The van der Waals surface area contributed by atoms with Gasteiger partial charge in [0, 0.05) is 24.1 Å². The molecule has 1 N–H and O–H groups in total. The number of aromatic nitrogens is 3. The summed E-state index contributed by atoms with van der Waals surface area (Å²) >= 11 is 5.91. The fraction of sp³-hybridized carbons (Fsp3) is 0. The number of amides is 1. The van der Waals surface area contributed by atoms with E-state index in [2.05, 4.69) is 15.5 Å². The van der Waals surface area contributed by atoms with Crippen molar-refractivity contribution >= 4 is 23.2 Å². The van der Waals surface area contributed by atoms with Gasteiger partial charge < -0.3 is 14.6 Å². The first-order chi connectivity index (χ1) is 14.1. The monoisotopic (exact) mass is 408 g/mol. The molecule has 0 bridgehead atoms. The Labute approximate surface area is 170 Å². The van der Waals surface area contributed by atoms with E-state index in [1.807, 2.05) is 29.1 Å². The minimum atomic E-state index is -0.502. The van der Waals surface area contributed by atoms with Gasteiger partial charge in [-0.05, 0) is 60.7 Å². The molecule has 0 saturated carbocycles. The van der Waals surface area contributed by atoms with E-state index in [4.69, 9.17) is 16.3 Å². The van der Waals surface area contributed by atoms with Gasteiger partial charge in [-0.3, -0.25) is 4.79 Å². The van der Waals surface area contributed by atoms with Crippen LogP contribution >= 0.6 is 11.6 Å². The number of carbonyl (C=O) groups is 1. The van der Waals surface area contributed by atoms with Crippen LogP contribution in [0.5, 0.6) is 11.6 Å². The molecule has 0 radical (unpaired) electrons. The molecule has 0 saturated heterocycles. The lowest BCUT2D eigenvalue weighted by Gasteiger charge is -2.09. The van der Waals surface area contributed by atoms with E-state index in [0.717, 1.165) is 6.07 Å². The maximum atomic E-state index is 13.1. The van der Waals surface area contributed by atoms with Crippen LogP contribution in [0, 0.1) is 5.82 Å². The van der Waals surface area contributed by atoms with Crippen molar-refractivity contribution in [1.29, 1.82) is 0 Å². The Morgan fingerprint density at radius 2 is 1.76 bits per heavy atom. The number of ether oxygens (including phenoxy) is 1. The van der Waals surface area contributed by atoms with Crippen LogP contribution in [-0.4, -0.2) is 20.7 Å². The van der Waals surface area contributed by atoms with Crippen molar-refractivity contribution in [2.24, 2.45) is 0 Å². The summed E-state index contributed by atoms with van der Waals surface area (Å²) in [6.45, 7) is 0. The van der Waals surface area contributed by atoms with Crippen LogP contribution in [0.1, 0.15) is 10.4 Å². The van der Waals surface area contributed by atoms with E-state index in [9.17, 15) is 9.18 Å². The molecule has 0 spiro atoms. The van der Waals surface area contributed by atoms with Gasteiger partial charge in [0.2, 0.25) is 5.88 Å². The van der Waals surface area contributed by atoms with Gasteiger partial charge in [-0.15, -0.1) is 10.2 Å². The topological polar surface area (TPSA) is 69.0 Å². The molecule has 0 unspecified atom stereocenters. The normalized spacial score (nSPS) is 10.6. The Morgan fingerprint density at radius 3 is 2.41 bits per heavy atom. The third kappa shape index (κ3) is 4.41. The quantitative estimate of drug-likeness (QED) is 0.498. The average Bonchev–Trinajstić information content (AvgIpc) is 3.25. The number of nitrogens with zero attached hydrogens (tertiary/aromatic N) is 3. The van der Waals surface area contributed by atoms with Crippen molar-refractivity contribution in [2.45, 2.75) is 0 Å². The van der Waals surface area contributed by atoms with Gasteiger partial charge in [0.05, 0.1) is 10.6 Å². The summed E-state index contributed by atoms with van der Waals surface area (Å²) in [5, 5.41) is 10.9. The molecule has 8 heteroatoms. The lowest BCUT2D eigenvalue weighted by molar-refractivity contribution is 0.102. The summed E-state index contributed by atoms with van der Waals surface area (Å²) in [5.41, 5.74) is 0.725. The molecule has 144 valence electrons. The van der Waals surface area contributed by atoms with Crippen molar-refractivity contribution in [3.05, 3.63) is 95.5 Å². The van der Waals surface area contributed by atoms with Gasteiger partial charge in [0.1, 0.15) is 11.6 Å². The van der Waals surface area contributed by atoms with Crippen molar-refractivity contribution in [2.75, 3.05) is 5.32 Å². The molecular formula is C21H14ClFN4O2. The molecule has 0 fully saturated rings. The predicted molar refractivity (Wildman–Crippen MR) is 107 cm³/mol. The van der Waals surface area contributed by atoms with Gasteiger partial charge >= 0.3 is 0 Å². The van der Waals surface area contributed by atoms with Crippen LogP contribution in [0.25, 0.3) is 5.82 Å². The zero-order valence-corrected chi connectivity index (χ0v) is 15.7. The fourth-order valence-corrected chi connectivity index (χ4v) is 2.84. The second kappa shape index (κ2) is 8.12. The predicted octanol–water partition coefficient (Wildman–Crippen LogP) is 5.10. The summed E-state index contributed by atoms with van der Waals surface area (Å²) in [4.78, 5) is 12.3. The van der Waals surface area contributed by atoms with Gasteiger partial charge in [0.15, 0.2) is 5.82 Å². The summed E-state index contributed by atoms with van der Waals surface area (Å²) in [5.74, 6) is 0.620. The standard InChI is InChI=1S/C21H14ClFN4O2/c22-18-13-14(23)3-8-17(18)21(28)24-15-4-6-16(7-5-15)29-20-10-9-19(25-26-20)27-11-1-2-12-27/h1-13H,(H,24,28). The zero-order chi connectivity index (χ0) is 20.2. The van der Waals surface area contributed by atoms with Crippen LogP contribution in [0.2, 0.25) is 5.02 Å². The molecule has 2 aromatic carbocycles. The molecule has 29 heavy (non-hydrogen) atoms. The van der Waals surface area contributed by atoms with Gasteiger partial charge in [-0.2, -0.15) is 0 Å². The Hall–Kier alpha value is -3.71. The van der Waals surface area contributed by atoms with Gasteiger partial charge in [0.25, 0.3) is 5.91 Å². The molecule has 2 heterocycles. The zero-order valence-electron chi connectivity index (χ0n) is 14.9. The average molecular weight is 409 g/mol. The lowest BCUT2D eigenvalue weighted by atomic mass is 10.2. The molecule has 6 nitrogen and oxygen atoms in total. The molecular weight excluding hydrogens is 395 g/mol. The number of carbonyl (C=O) groups excluding carboxylic acids is 1. The molecule has 0 aliphatic rings. The SMILES string of the molecule is O=C(Nc1ccc(Oc2ccc(-n3cccc3)nn2)cc1)c1ccc(F)cc1Cl. The third-order valence-electron chi connectivity index (χ3n) is 4.01. The van der Waals surface area contributed by atoms with E-state index >= 15 is 0 Å². The largest absolute Gasteiger partial charge is 0.438 e. The minimum absolute atomic E-state index is 0.0457. The number of hydrogen-bond acceptors (Lipinski definition) is 4. The van der Waals surface area contributed by atoms with Gasteiger partial charge in [-0.1, -0.05) is 11.6 Å².